The third-order valence-corrected chi connectivity index (χ3v) is 3.06. The number of fused-ring (bicyclic) bond motifs is 1. The summed E-state index contributed by atoms with van der Waals surface area (Å²) in [5, 5.41) is 12.1. The van der Waals surface area contributed by atoms with E-state index in [4.69, 9.17) is 10.8 Å². The zero-order valence-electron chi connectivity index (χ0n) is 9.72. The van der Waals surface area contributed by atoms with E-state index in [1.165, 1.54) is 0 Å². The Morgan fingerprint density at radius 1 is 1.28 bits per heavy atom. The van der Waals surface area contributed by atoms with Crippen LogP contribution < -0.4 is 11.1 Å². The van der Waals surface area contributed by atoms with E-state index in [0.29, 0.717) is 0 Å². The molecule has 2 heterocycles. The predicted octanol–water partition coefficient (Wildman–Crippen LogP) is 1.59. The quantitative estimate of drug-likeness (QED) is 0.645. The van der Waals surface area contributed by atoms with E-state index in [1.807, 2.05) is 30.3 Å². The summed E-state index contributed by atoms with van der Waals surface area (Å²) in [6, 6.07) is 9.74. The first kappa shape index (κ1) is 11.0. The summed E-state index contributed by atoms with van der Waals surface area (Å²) >= 11 is 0. The highest BCUT2D eigenvalue weighted by Crippen LogP contribution is 2.30. The first-order valence-corrected chi connectivity index (χ1v) is 5.75. The highest BCUT2D eigenvalue weighted by atomic mass is 16.3. The number of aliphatic hydroxyl groups is 1. The molecule has 0 saturated heterocycles. The molecular formula is C13H14N4O. The molecule has 5 heteroatoms. The van der Waals surface area contributed by atoms with Crippen molar-refractivity contribution in [3.63, 3.8) is 0 Å². The number of aromatic amines is 1. The molecule has 1 aromatic heterocycles. The molecule has 0 spiro atoms. The van der Waals surface area contributed by atoms with Crippen LogP contribution in [0.25, 0.3) is 11.3 Å². The van der Waals surface area contributed by atoms with Crippen molar-refractivity contribution in [3.05, 3.63) is 41.5 Å². The van der Waals surface area contributed by atoms with Crippen molar-refractivity contribution in [2.24, 2.45) is 10.7 Å². The maximum absolute atomic E-state index is 9.02. The van der Waals surface area contributed by atoms with Gasteiger partial charge in [0.2, 0.25) is 0 Å². The Balaban J connectivity index is 1.97. The van der Waals surface area contributed by atoms with Gasteiger partial charge in [0.1, 0.15) is 12.0 Å². The van der Waals surface area contributed by atoms with E-state index in [2.05, 4.69) is 15.3 Å². The van der Waals surface area contributed by atoms with E-state index >= 15 is 0 Å². The highest BCUT2D eigenvalue weighted by Gasteiger charge is 2.17. The molecule has 92 valence electrons. The van der Waals surface area contributed by atoms with Crippen molar-refractivity contribution in [2.45, 2.75) is 12.8 Å². The first-order valence-electron chi connectivity index (χ1n) is 5.75. The standard InChI is InChI=1S/C13H14N4O/c14-12-10-5-11(17-13(10)16-7-15-12)9-3-1-8(6-18)2-4-9/h1-5,7,12,17-18H,6,14H2,(H,15,16). The van der Waals surface area contributed by atoms with Crippen LogP contribution in [0.5, 0.6) is 0 Å². The summed E-state index contributed by atoms with van der Waals surface area (Å²) in [6.45, 7) is 0.0573. The molecule has 5 N–H and O–H groups in total. The van der Waals surface area contributed by atoms with Gasteiger partial charge in [-0.25, -0.2) is 0 Å². The molecule has 0 bridgehead atoms. The van der Waals surface area contributed by atoms with Gasteiger partial charge in [0.25, 0.3) is 0 Å². The number of anilines is 1. The number of hydrogen-bond donors (Lipinski definition) is 4. The number of hydrogen-bond acceptors (Lipinski definition) is 4. The van der Waals surface area contributed by atoms with Crippen LogP contribution in [0.4, 0.5) is 5.82 Å². The molecule has 1 atom stereocenters. The van der Waals surface area contributed by atoms with E-state index in [0.717, 1.165) is 28.2 Å². The van der Waals surface area contributed by atoms with Crippen LogP contribution >= 0.6 is 0 Å². The minimum absolute atomic E-state index is 0.0573. The number of aromatic nitrogens is 1. The number of H-pyrrole nitrogens is 1. The van der Waals surface area contributed by atoms with Crippen molar-refractivity contribution in [3.8, 4) is 11.3 Å². The van der Waals surface area contributed by atoms with E-state index < -0.39 is 0 Å². The minimum Gasteiger partial charge on any atom is -0.392 e. The van der Waals surface area contributed by atoms with Gasteiger partial charge in [-0.2, -0.15) is 0 Å². The van der Waals surface area contributed by atoms with E-state index in [-0.39, 0.29) is 12.8 Å². The van der Waals surface area contributed by atoms with Gasteiger partial charge in [-0.15, -0.1) is 0 Å². The van der Waals surface area contributed by atoms with Gasteiger partial charge in [-0.05, 0) is 17.2 Å². The Bertz CT molecular complexity index is 586. The van der Waals surface area contributed by atoms with Crippen LogP contribution in [0.2, 0.25) is 0 Å². The Morgan fingerprint density at radius 2 is 2.06 bits per heavy atom. The van der Waals surface area contributed by atoms with Crippen LogP contribution in [0, 0.1) is 0 Å². The molecule has 18 heavy (non-hydrogen) atoms. The van der Waals surface area contributed by atoms with Gasteiger partial charge < -0.3 is 21.1 Å². The fourth-order valence-corrected chi connectivity index (χ4v) is 2.03. The van der Waals surface area contributed by atoms with Crippen LogP contribution in [-0.2, 0) is 6.61 Å². The summed E-state index contributed by atoms with van der Waals surface area (Å²) in [6.07, 6.45) is 1.28. The molecule has 3 rings (SSSR count). The molecule has 0 saturated carbocycles. The average molecular weight is 242 g/mol. The number of aliphatic imine (C=N–C) groups is 1. The molecule has 1 aliphatic rings. The molecule has 5 nitrogen and oxygen atoms in total. The summed E-state index contributed by atoms with van der Waals surface area (Å²) in [7, 11) is 0. The molecule has 1 aliphatic heterocycles. The van der Waals surface area contributed by atoms with Gasteiger partial charge in [0.05, 0.1) is 12.9 Å². The zero-order chi connectivity index (χ0) is 12.5. The number of nitrogens with one attached hydrogen (secondary N) is 2. The van der Waals surface area contributed by atoms with E-state index in [1.54, 1.807) is 6.34 Å². The lowest BCUT2D eigenvalue weighted by atomic mass is 10.1. The Kier molecular flexibility index (Phi) is 2.62. The molecule has 1 unspecified atom stereocenters. The third-order valence-electron chi connectivity index (χ3n) is 3.06. The van der Waals surface area contributed by atoms with Gasteiger partial charge in [-0.1, -0.05) is 24.3 Å². The van der Waals surface area contributed by atoms with Crippen molar-refractivity contribution < 1.29 is 5.11 Å². The smallest absolute Gasteiger partial charge is 0.128 e. The maximum Gasteiger partial charge on any atom is 0.128 e. The highest BCUT2D eigenvalue weighted by molar-refractivity contribution is 5.81. The fraction of sp³-hybridized carbons (Fsp3) is 0.154. The second kappa shape index (κ2) is 4.29. The van der Waals surface area contributed by atoms with Gasteiger partial charge >= 0.3 is 0 Å². The predicted molar refractivity (Wildman–Crippen MR) is 71.2 cm³/mol. The van der Waals surface area contributed by atoms with Crippen molar-refractivity contribution in [2.75, 3.05) is 5.32 Å². The molecular weight excluding hydrogens is 228 g/mol. The average Bonchev–Trinajstić information content (AvgIpc) is 2.84. The summed E-state index contributed by atoms with van der Waals surface area (Å²) in [5.41, 5.74) is 9.78. The maximum atomic E-state index is 9.02. The lowest BCUT2D eigenvalue weighted by Crippen LogP contribution is -2.15. The van der Waals surface area contributed by atoms with Gasteiger partial charge in [-0.3, -0.25) is 4.99 Å². The molecule has 2 aromatic rings. The summed E-state index contributed by atoms with van der Waals surface area (Å²) < 4.78 is 0. The second-order valence-corrected chi connectivity index (χ2v) is 4.24. The number of rotatable bonds is 2. The topological polar surface area (TPSA) is 86.4 Å². The normalized spacial score (nSPS) is 17.3. The molecule has 0 amide bonds. The minimum atomic E-state index is -0.317. The van der Waals surface area contributed by atoms with Gasteiger partial charge in [0.15, 0.2) is 0 Å². The summed E-state index contributed by atoms with van der Waals surface area (Å²) in [4.78, 5) is 7.37. The SMILES string of the molecule is NC1N=CNc2[nH]c(-c3ccc(CO)cc3)cc21. The summed E-state index contributed by atoms with van der Waals surface area (Å²) in [5.74, 6) is 0.888. The molecule has 1 aromatic carbocycles. The lowest BCUT2D eigenvalue weighted by molar-refractivity contribution is 0.282. The number of benzene rings is 1. The van der Waals surface area contributed by atoms with Crippen molar-refractivity contribution in [1.29, 1.82) is 0 Å². The number of nitrogens with zero attached hydrogens (tertiary/aromatic N) is 1. The lowest BCUT2D eigenvalue weighted by Gasteiger charge is -2.12. The third kappa shape index (κ3) is 1.79. The van der Waals surface area contributed by atoms with Crippen LogP contribution in [0.15, 0.2) is 35.3 Å². The Morgan fingerprint density at radius 3 is 2.72 bits per heavy atom. The molecule has 0 radical (unpaired) electrons. The first-order chi connectivity index (χ1) is 8.78. The van der Waals surface area contributed by atoms with Gasteiger partial charge in [0, 0.05) is 11.3 Å². The number of aliphatic hydroxyl groups excluding tert-OH is 1. The Labute approximate surface area is 104 Å². The largest absolute Gasteiger partial charge is 0.392 e. The van der Waals surface area contributed by atoms with Crippen LogP contribution in [0.3, 0.4) is 0 Å². The zero-order valence-corrected chi connectivity index (χ0v) is 9.72. The fourth-order valence-electron chi connectivity index (χ4n) is 2.03. The Hall–Kier alpha value is -2.11. The van der Waals surface area contributed by atoms with Crippen molar-refractivity contribution in [1.82, 2.24) is 4.98 Å². The monoisotopic (exact) mass is 242 g/mol. The molecule has 0 aliphatic carbocycles. The van der Waals surface area contributed by atoms with E-state index in [9.17, 15) is 0 Å². The van der Waals surface area contributed by atoms with Crippen LogP contribution in [-0.4, -0.2) is 16.4 Å². The van der Waals surface area contributed by atoms with Crippen molar-refractivity contribution >= 4 is 12.2 Å². The van der Waals surface area contributed by atoms with Crippen LogP contribution in [0.1, 0.15) is 17.3 Å². The molecule has 0 fully saturated rings. The number of nitrogens with two attached hydrogens (primary N) is 1. The second-order valence-electron chi connectivity index (χ2n) is 4.24.